The highest BCUT2D eigenvalue weighted by Crippen LogP contribution is 2.24. The van der Waals surface area contributed by atoms with Crippen molar-refractivity contribution in [1.29, 1.82) is 0 Å². The van der Waals surface area contributed by atoms with Crippen LogP contribution in [-0.4, -0.2) is 28.6 Å². The number of hydrogen-bond acceptors (Lipinski definition) is 2. The van der Waals surface area contributed by atoms with Crippen LogP contribution in [0, 0.1) is 6.92 Å². The van der Waals surface area contributed by atoms with Crippen molar-refractivity contribution in [3.63, 3.8) is 0 Å². The second-order valence-electron chi connectivity index (χ2n) is 5.27. The van der Waals surface area contributed by atoms with Crippen LogP contribution in [-0.2, 0) is 11.3 Å². The number of likely N-dealkylation sites (tertiary alicyclic amines) is 1. The molecule has 1 atom stereocenters. The normalized spacial score (nSPS) is 21.1. The van der Waals surface area contributed by atoms with Crippen molar-refractivity contribution in [3.05, 3.63) is 34.3 Å². The number of carboxylic acids is 1. The summed E-state index contributed by atoms with van der Waals surface area (Å²) in [6, 6.07) is 5.58. The van der Waals surface area contributed by atoms with Crippen LogP contribution in [0.1, 0.15) is 36.8 Å². The summed E-state index contributed by atoms with van der Waals surface area (Å²) in [6.45, 7) is 3.46. The number of halogens is 1. The third-order valence-corrected chi connectivity index (χ3v) is 4.08. The highest BCUT2D eigenvalue weighted by Gasteiger charge is 2.27. The molecular weight excluding hydrogens is 262 g/mol. The molecule has 1 aromatic rings. The van der Waals surface area contributed by atoms with Gasteiger partial charge in [-0.3, -0.25) is 9.69 Å². The Morgan fingerprint density at radius 2 is 2.21 bits per heavy atom. The van der Waals surface area contributed by atoms with E-state index in [1.807, 2.05) is 30.0 Å². The molecule has 1 N–H and O–H groups in total. The SMILES string of the molecule is Cc1ccc(CN2CCCCCC2C(=O)O)c(Cl)c1. The Kier molecular flexibility index (Phi) is 4.83. The molecule has 0 spiro atoms. The summed E-state index contributed by atoms with van der Waals surface area (Å²) in [4.78, 5) is 13.4. The van der Waals surface area contributed by atoms with Gasteiger partial charge in [-0.15, -0.1) is 0 Å². The predicted molar refractivity (Wildman–Crippen MR) is 76.5 cm³/mol. The summed E-state index contributed by atoms with van der Waals surface area (Å²) in [5.41, 5.74) is 2.14. The van der Waals surface area contributed by atoms with Gasteiger partial charge in [-0.05, 0) is 43.5 Å². The second kappa shape index (κ2) is 6.40. The number of carboxylic acid groups (broad SMARTS) is 1. The topological polar surface area (TPSA) is 40.5 Å². The van der Waals surface area contributed by atoms with E-state index in [2.05, 4.69) is 0 Å². The first kappa shape index (κ1) is 14.4. The van der Waals surface area contributed by atoms with E-state index in [9.17, 15) is 9.90 Å². The molecule has 0 amide bonds. The molecule has 0 aliphatic carbocycles. The van der Waals surface area contributed by atoms with Crippen LogP contribution in [0.25, 0.3) is 0 Å². The number of carbonyl (C=O) groups is 1. The molecule has 1 aromatic carbocycles. The highest BCUT2D eigenvalue weighted by molar-refractivity contribution is 6.31. The maximum absolute atomic E-state index is 11.4. The maximum Gasteiger partial charge on any atom is 0.320 e. The van der Waals surface area contributed by atoms with Gasteiger partial charge in [0.2, 0.25) is 0 Å². The van der Waals surface area contributed by atoms with Crippen LogP contribution in [0.5, 0.6) is 0 Å². The smallest absolute Gasteiger partial charge is 0.320 e. The van der Waals surface area contributed by atoms with E-state index in [4.69, 9.17) is 11.6 Å². The molecule has 0 saturated carbocycles. The van der Waals surface area contributed by atoms with Gasteiger partial charge in [0.1, 0.15) is 6.04 Å². The summed E-state index contributed by atoms with van der Waals surface area (Å²) in [5, 5.41) is 10.1. The number of aryl methyl sites for hydroxylation is 1. The molecule has 1 saturated heterocycles. The van der Waals surface area contributed by atoms with Crippen LogP contribution in [0.15, 0.2) is 18.2 Å². The molecular formula is C15H20ClNO2. The average Bonchev–Trinajstić information content (AvgIpc) is 2.58. The molecule has 1 fully saturated rings. The molecule has 3 nitrogen and oxygen atoms in total. The quantitative estimate of drug-likeness (QED) is 0.922. The van der Waals surface area contributed by atoms with Gasteiger partial charge >= 0.3 is 5.97 Å². The fraction of sp³-hybridized carbons (Fsp3) is 0.533. The van der Waals surface area contributed by atoms with E-state index in [-0.39, 0.29) is 6.04 Å². The first-order valence-electron chi connectivity index (χ1n) is 6.80. The summed E-state index contributed by atoms with van der Waals surface area (Å²) in [7, 11) is 0. The monoisotopic (exact) mass is 281 g/mol. The molecule has 1 unspecified atom stereocenters. The summed E-state index contributed by atoms with van der Waals surface area (Å²) >= 11 is 6.24. The van der Waals surface area contributed by atoms with Gasteiger partial charge < -0.3 is 5.11 Å². The van der Waals surface area contributed by atoms with Crippen molar-refractivity contribution in [2.45, 2.75) is 45.2 Å². The van der Waals surface area contributed by atoms with Crippen LogP contribution in [0.4, 0.5) is 0 Å². The van der Waals surface area contributed by atoms with Crippen LogP contribution < -0.4 is 0 Å². The van der Waals surface area contributed by atoms with E-state index in [0.29, 0.717) is 6.54 Å². The summed E-state index contributed by atoms with van der Waals surface area (Å²) in [5.74, 6) is -0.717. The van der Waals surface area contributed by atoms with Crippen molar-refractivity contribution >= 4 is 17.6 Å². The predicted octanol–water partition coefficient (Wildman–Crippen LogP) is 3.48. The molecule has 0 bridgehead atoms. The highest BCUT2D eigenvalue weighted by atomic mass is 35.5. The Balaban J connectivity index is 2.16. The Morgan fingerprint density at radius 3 is 2.89 bits per heavy atom. The molecule has 1 aliphatic heterocycles. The molecule has 4 heteroatoms. The first-order valence-corrected chi connectivity index (χ1v) is 7.17. The number of hydrogen-bond donors (Lipinski definition) is 1. The number of nitrogens with zero attached hydrogens (tertiary/aromatic N) is 1. The fourth-order valence-corrected chi connectivity index (χ4v) is 2.93. The molecule has 0 radical (unpaired) electrons. The average molecular weight is 282 g/mol. The molecule has 19 heavy (non-hydrogen) atoms. The van der Waals surface area contributed by atoms with E-state index in [0.717, 1.165) is 48.4 Å². The zero-order valence-electron chi connectivity index (χ0n) is 11.2. The minimum Gasteiger partial charge on any atom is -0.480 e. The van der Waals surface area contributed by atoms with Gasteiger partial charge in [0.05, 0.1) is 0 Å². The largest absolute Gasteiger partial charge is 0.480 e. The minimum atomic E-state index is -0.717. The Hall–Kier alpha value is -1.06. The van der Waals surface area contributed by atoms with Gasteiger partial charge in [0.15, 0.2) is 0 Å². The Morgan fingerprint density at radius 1 is 1.42 bits per heavy atom. The lowest BCUT2D eigenvalue weighted by Gasteiger charge is -2.27. The number of rotatable bonds is 3. The molecule has 1 aliphatic rings. The van der Waals surface area contributed by atoms with E-state index < -0.39 is 5.97 Å². The van der Waals surface area contributed by atoms with Gasteiger partial charge in [-0.1, -0.05) is 36.6 Å². The fourth-order valence-electron chi connectivity index (χ4n) is 2.64. The van der Waals surface area contributed by atoms with Crippen molar-refractivity contribution in [3.8, 4) is 0 Å². The summed E-state index contributed by atoms with van der Waals surface area (Å²) < 4.78 is 0. The molecule has 104 valence electrons. The van der Waals surface area contributed by atoms with Crippen molar-refractivity contribution in [2.24, 2.45) is 0 Å². The lowest BCUT2D eigenvalue weighted by atomic mass is 10.1. The van der Waals surface area contributed by atoms with Crippen molar-refractivity contribution < 1.29 is 9.90 Å². The van der Waals surface area contributed by atoms with Crippen molar-refractivity contribution in [1.82, 2.24) is 4.90 Å². The van der Waals surface area contributed by atoms with E-state index >= 15 is 0 Å². The molecule has 0 aromatic heterocycles. The molecule has 2 rings (SSSR count). The minimum absolute atomic E-state index is 0.375. The van der Waals surface area contributed by atoms with Gasteiger partial charge in [-0.25, -0.2) is 0 Å². The lowest BCUT2D eigenvalue weighted by molar-refractivity contribution is -0.143. The molecule has 1 heterocycles. The van der Waals surface area contributed by atoms with Crippen molar-refractivity contribution in [2.75, 3.05) is 6.54 Å². The standard InChI is InChI=1S/C15H20ClNO2/c1-11-6-7-12(13(16)9-11)10-17-8-4-2-3-5-14(17)15(18)19/h6-7,9,14H,2-5,8,10H2,1H3,(H,18,19). The van der Waals surface area contributed by atoms with Gasteiger partial charge in [-0.2, -0.15) is 0 Å². The first-order chi connectivity index (χ1) is 9.08. The van der Waals surface area contributed by atoms with E-state index in [1.165, 1.54) is 0 Å². The maximum atomic E-state index is 11.4. The van der Waals surface area contributed by atoms with Gasteiger partial charge in [0.25, 0.3) is 0 Å². The summed E-state index contributed by atoms with van der Waals surface area (Å²) in [6.07, 6.45) is 3.91. The lowest BCUT2D eigenvalue weighted by Crippen LogP contribution is -2.40. The third kappa shape index (κ3) is 3.71. The van der Waals surface area contributed by atoms with Gasteiger partial charge in [0, 0.05) is 11.6 Å². The van der Waals surface area contributed by atoms with Crippen LogP contribution in [0.3, 0.4) is 0 Å². The Labute approximate surface area is 119 Å². The number of aliphatic carboxylic acids is 1. The van der Waals surface area contributed by atoms with Crippen LogP contribution >= 0.6 is 11.6 Å². The van der Waals surface area contributed by atoms with Crippen LogP contribution in [0.2, 0.25) is 5.02 Å². The third-order valence-electron chi connectivity index (χ3n) is 3.73. The zero-order valence-corrected chi connectivity index (χ0v) is 12.0. The number of benzene rings is 1. The Bertz CT molecular complexity index is 461. The van der Waals surface area contributed by atoms with E-state index in [1.54, 1.807) is 0 Å². The zero-order chi connectivity index (χ0) is 13.8. The second-order valence-corrected chi connectivity index (χ2v) is 5.68.